The van der Waals surface area contributed by atoms with Gasteiger partial charge in [0, 0.05) is 43.4 Å². The second-order valence-electron chi connectivity index (χ2n) is 11.2. The summed E-state index contributed by atoms with van der Waals surface area (Å²) in [6.07, 6.45) is 12.2. The first-order valence-corrected chi connectivity index (χ1v) is 12.7. The number of likely N-dealkylation sites (tertiary alicyclic amines) is 1. The van der Waals surface area contributed by atoms with Crippen molar-refractivity contribution < 1.29 is 14.7 Å². The lowest BCUT2D eigenvalue weighted by Gasteiger charge is -2.52. The van der Waals surface area contributed by atoms with Crippen molar-refractivity contribution in [3.05, 3.63) is 24.2 Å². The second-order valence-corrected chi connectivity index (χ2v) is 11.2. The Kier molecular flexibility index (Phi) is 7.26. The molecule has 8 heteroatoms. The molecule has 34 heavy (non-hydrogen) atoms. The summed E-state index contributed by atoms with van der Waals surface area (Å²) >= 11 is 0. The first kappa shape index (κ1) is 24.6. The zero-order chi connectivity index (χ0) is 24.3. The summed E-state index contributed by atoms with van der Waals surface area (Å²) in [6, 6.07) is 1.80. The lowest BCUT2D eigenvalue weighted by molar-refractivity contribution is -0.156. The lowest BCUT2D eigenvalue weighted by atomic mass is 9.69. The molecule has 186 valence electrons. The number of aldehydes is 1. The Balaban J connectivity index is 1.41. The Morgan fingerprint density at radius 2 is 2.09 bits per heavy atom. The predicted octanol–water partition coefficient (Wildman–Crippen LogP) is 3.26. The molecule has 1 saturated heterocycles. The highest BCUT2D eigenvalue weighted by Crippen LogP contribution is 2.40. The third-order valence-corrected chi connectivity index (χ3v) is 8.10. The van der Waals surface area contributed by atoms with Gasteiger partial charge in [0.2, 0.25) is 5.91 Å². The van der Waals surface area contributed by atoms with E-state index in [1.807, 2.05) is 29.8 Å². The fourth-order valence-electron chi connectivity index (χ4n) is 5.85. The minimum Gasteiger partial charge on any atom is -0.387 e. The molecule has 2 aliphatic heterocycles. The summed E-state index contributed by atoms with van der Waals surface area (Å²) in [6.45, 7) is 7.93. The van der Waals surface area contributed by atoms with Crippen molar-refractivity contribution in [3.8, 4) is 0 Å². The summed E-state index contributed by atoms with van der Waals surface area (Å²) in [4.78, 5) is 33.1. The summed E-state index contributed by atoms with van der Waals surface area (Å²) in [5, 5.41) is 18.6. The molecule has 0 spiro atoms. The van der Waals surface area contributed by atoms with Crippen LogP contribution in [0.4, 0.5) is 0 Å². The fraction of sp³-hybridized carbons (Fsp3) is 0.692. The molecule has 1 aliphatic carbocycles. The molecule has 2 atom stereocenters. The third kappa shape index (κ3) is 5.27. The Hall–Kier alpha value is -2.48. The van der Waals surface area contributed by atoms with Crippen LogP contribution in [-0.4, -0.2) is 74.8 Å². The van der Waals surface area contributed by atoms with Gasteiger partial charge in [0.15, 0.2) is 6.29 Å². The monoisotopic (exact) mass is 469 g/mol. The number of carbonyl (C=O) groups is 2. The number of aromatic amines is 1. The van der Waals surface area contributed by atoms with Crippen LogP contribution in [0.2, 0.25) is 0 Å². The molecule has 2 fully saturated rings. The highest BCUT2D eigenvalue weighted by Gasteiger charge is 2.49. The predicted molar refractivity (Wildman–Crippen MR) is 132 cm³/mol. The van der Waals surface area contributed by atoms with Crippen molar-refractivity contribution in [2.24, 2.45) is 22.2 Å². The van der Waals surface area contributed by atoms with Crippen molar-refractivity contribution in [2.75, 3.05) is 26.2 Å². The van der Waals surface area contributed by atoms with E-state index in [4.69, 9.17) is 0 Å². The standard InChI is InChI=1S/C26H39N5O3/c1-19(13-20-7-5-4-6-8-20)24(33)31-12-10-26(34,25(2,3)17-31)18-30-14-21(16-32)28-23(15-30)22-9-11-27-29-22/h9,11,15-16,19-20,34H,4-8,10,12-14,17-18H2,1-3H3,(H,27,29)/t19-,26?/m1/s1. The Labute approximate surface area is 202 Å². The number of β-amino-alcohol motifs (C(OH)–C–C–N with tert-alkyl or cyclic N) is 1. The molecule has 1 aromatic heterocycles. The molecule has 3 aliphatic rings. The number of hydrogen-bond acceptors (Lipinski definition) is 6. The summed E-state index contributed by atoms with van der Waals surface area (Å²) in [7, 11) is 0. The van der Waals surface area contributed by atoms with E-state index in [1.54, 1.807) is 12.3 Å². The Bertz CT molecular complexity index is 932. The zero-order valence-corrected chi connectivity index (χ0v) is 20.8. The molecule has 4 rings (SSSR count). The SMILES string of the molecule is C[C@H](CC1CCCCC1)C(=O)N1CCC(O)(CN2C=C(c3ccn[nH]3)N=C(C=O)C2)C(C)(C)C1. The number of nitrogens with one attached hydrogen (secondary N) is 1. The Morgan fingerprint density at radius 3 is 2.74 bits per heavy atom. The average Bonchev–Trinajstić information content (AvgIpc) is 3.36. The average molecular weight is 470 g/mol. The van der Waals surface area contributed by atoms with Gasteiger partial charge in [-0.25, -0.2) is 4.99 Å². The van der Waals surface area contributed by atoms with Crippen LogP contribution >= 0.6 is 0 Å². The molecular formula is C26H39N5O3. The summed E-state index contributed by atoms with van der Waals surface area (Å²) in [5.74, 6) is 0.917. The number of hydrogen-bond donors (Lipinski definition) is 2. The van der Waals surface area contributed by atoms with E-state index in [9.17, 15) is 14.7 Å². The molecule has 3 heterocycles. The molecule has 1 unspecified atom stereocenters. The molecule has 1 amide bonds. The fourth-order valence-corrected chi connectivity index (χ4v) is 5.85. The van der Waals surface area contributed by atoms with Crippen LogP contribution in [0.1, 0.15) is 71.4 Å². The van der Waals surface area contributed by atoms with Crippen molar-refractivity contribution in [2.45, 2.75) is 71.3 Å². The van der Waals surface area contributed by atoms with Crippen molar-refractivity contribution >= 4 is 23.6 Å². The number of carbonyl (C=O) groups excluding carboxylic acids is 2. The topological polar surface area (TPSA) is 102 Å². The first-order valence-electron chi connectivity index (χ1n) is 12.7. The number of H-pyrrole nitrogens is 1. The Morgan fingerprint density at radius 1 is 1.32 bits per heavy atom. The zero-order valence-electron chi connectivity index (χ0n) is 20.8. The van der Waals surface area contributed by atoms with E-state index >= 15 is 0 Å². The van der Waals surface area contributed by atoms with Gasteiger partial charge in [0.1, 0.15) is 11.4 Å². The number of nitrogens with zero attached hydrogens (tertiary/aromatic N) is 4. The quantitative estimate of drug-likeness (QED) is 0.597. The minimum atomic E-state index is -1.00. The number of amides is 1. The van der Waals surface area contributed by atoms with Crippen LogP contribution in [0, 0.1) is 17.3 Å². The highest BCUT2D eigenvalue weighted by atomic mass is 16.3. The summed E-state index contributed by atoms with van der Waals surface area (Å²) < 4.78 is 0. The van der Waals surface area contributed by atoms with Crippen molar-refractivity contribution in [1.82, 2.24) is 20.0 Å². The molecule has 0 bridgehead atoms. The van der Waals surface area contributed by atoms with E-state index in [2.05, 4.69) is 22.1 Å². The third-order valence-electron chi connectivity index (χ3n) is 8.10. The molecule has 1 saturated carbocycles. The molecule has 1 aromatic rings. The van der Waals surface area contributed by atoms with Crippen LogP contribution in [0.15, 0.2) is 23.5 Å². The van der Waals surface area contributed by atoms with E-state index < -0.39 is 11.0 Å². The lowest BCUT2D eigenvalue weighted by Crippen LogP contribution is -2.63. The van der Waals surface area contributed by atoms with Crippen LogP contribution in [0.25, 0.3) is 5.70 Å². The van der Waals surface area contributed by atoms with E-state index in [1.165, 1.54) is 32.1 Å². The van der Waals surface area contributed by atoms with E-state index in [0.717, 1.165) is 18.4 Å². The molecule has 8 nitrogen and oxygen atoms in total. The molecular weight excluding hydrogens is 430 g/mol. The van der Waals surface area contributed by atoms with Gasteiger partial charge in [-0.2, -0.15) is 5.10 Å². The normalized spacial score (nSPS) is 26.6. The van der Waals surface area contributed by atoms with Gasteiger partial charge in [0.25, 0.3) is 0 Å². The van der Waals surface area contributed by atoms with E-state index in [-0.39, 0.29) is 11.8 Å². The number of aliphatic hydroxyl groups is 1. The van der Waals surface area contributed by atoms with Crippen molar-refractivity contribution in [1.29, 1.82) is 0 Å². The number of piperidine rings is 1. The van der Waals surface area contributed by atoms with Crippen LogP contribution in [0.3, 0.4) is 0 Å². The van der Waals surface area contributed by atoms with Crippen molar-refractivity contribution in [3.63, 3.8) is 0 Å². The number of aromatic nitrogens is 2. The van der Waals surface area contributed by atoms with Gasteiger partial charge in [-0.15, -0.1) is 0 Å². The largest absolute Gasteiger partial charge is 0.387 e. The first-order chi connectivity index (χ1) is 16.2. The van der Waals surface area contributed by atoms with Gasteiger partial charge in [0.05, 0.1) is 17.8 Å². The highest BCUT2D eigenvalue weighted by molar-refractivity contribution is 6.30. The van der Waals surface area contributed by atoms with Gasteiger partial charge in [-0.05, 0) is 24.8 Å². The van der Waals surface area contributed by atoms with Gasteiger partial charge in [-0.3, -0.25) is 14.7 Å². The van der Waals surface area contributed by atoms with Gasteiger partial charge in [-0.1, -0.05) is 52.9 Å². The number of aliphatic imine (C=N–C) groups is 1. The van der Waals surface area contributed by atoms with E-state index in [0.29, 0.717) is 49.9 Å². The maximum Gasteiger partial charge on any atom is 0.225 e. The van der Waals surface area contributed by atoms with Gasteiger partial charge >= 0.3 is 0 Å². The number of rotatable bonds is 7. The smallest absolute Gasteiger partial charge is 0.225 e. The van der Waals surface area contributed by atoms with Crippen LogP contribution < -0.4 is 0 Å². The molecule has 0 aromatic carbocycles. The molecule has 0 radical (unpaired) electrons. The van der Waals surface area contributed by atoms with Gasteiger partial charge < -0.3 is 14.9 Å². The maximum atomic E-state index is 13.3. The minimum absolute atomic E-state index is 0.0263. The molecule has 2 N–H and O–H groups in total. The van der Waals surface area contributed by atoms with Crippen LogP contribution in [-0.2, 0) is 9.59 Å². The summed E-state index contributed by atoms with van der Waals surface area (Å²) in [5.41, 5.74) is 0.262. The second kappa shape index (κ2) is 10.0. The maximum absolute atomic E-state index is 13.3. The van der Waals surface area contributed by atoms with Crippen LogP contribution in [0.5, 0.6) is 0 Å².